The lowest BCUT2D eigenvalue weighted by molar-refractivity contribution is 0.273. The number of pyridine rings is 1. The van der Waals surface area contributed by atoms with Gasteiger partial charge in [0, 0.05) is 17.3 Å². The normalized spacial score (nSPS) is 23.1. The Kier molecular flexibility index (Phi) is 4.34. The van der Waals surface area contributed by atoms with Gasteiger partial charge in [0.25, 0.3) is 0 Å². The largest absolute Gasteiger partial charge is 0.261 e. The third kappa shape index (κ3) is 3.20. The molecule has 0 aliphatic heterocycles. The molecule has 0 radical (unpaired) electrons. The van der Waals surface area contributed by atoms with Gasteiger partial charge < -0.3 is 0 Å². The van der Waals surface area contributed by atoms with E-state index in [9.17, 15) is 0 Å². The predicted octanol–water partition coefficient (Wildman–Crippen LogP) is 5.38. The molecule has 1 aliphatic carbocycles. The van der Waals surface area contributed by atoms with Crippen LogP contribution in [-0.4, -0.2) is 4.98 Å². The third-order valence-corrected chi connectivity index (χ3v) is 4.92. The average Bonchev–Trinajstić information content (AvgIpc) is 2.49. The Morgan fingerprint density at radius 3 is 2.70 bits per heavy atom. The Bertz CT molecular complexity index is 547. The van der Waals surface area contributed by atoms with Crippen molar-refractivity contribution in [2.45, 2.75) is 51.9 Å². The van der Waals surface area contributed by atoms with E-state index in [1.807, 2.05) is 6.20 Å². The number of rotatable bonds is 4. The molecule has 2 aromatic rings. The van der Waals surface area contributed by atoms with Gasteiger partial charge in [-0.3, -0.25) is 4.98 Å². The smallest absolute Gasteiger partial charge is 0.0481 e. The highest BCUT2D eigenvalue weighted by Crippen LogP contribution is 2.31. The molecule has 20 heavy (non-hydrogen) atoms. The maximum atomic E-state index is 4.60. The van der Waals surface area contributed by atoms with E-state index in [0.29, 0.717) is 0 Å². The van der Waals surface area contributed by atoms with E-state index in [4.69, 9.17) is 0 Å². The van der Waals surface area contributed by atoms with E-state index < -0.39 is 0 Å². The maximum absolute atomic E-state index is 4.60. The predicted molar refractivity (Wildman–Crippen MR) is 85.8 cm³/mol. The second-order valence-corrected chi connectivity index (χ2v) is 6.50. The number of hydrogen-bond acceptors (Lipinski definition) is 1. The van der Waals surface area contributed by atoms with Crippen LogP contribution in [0.25, 0.3) is 10.8 Å². The summed E-state index contributed by atoms with van der Waals surface area (Å²) in [6.07, 6.45) is 11.5. The summed E-state index contributed by atoms with van der Waals surface area (Å²) in [5.41, 5.74) is 1.28. The molecule has 0 atom stereocenters. The summed E-state index contributed by atoms with van der Waals surface area (Å²) in [5, 5.41) is 2.66. The molecular formula is C19H25N. The van der Waals surface area contributed by atoms with Crippen molar-refractivity contribution < 1.29 is 0 Å². The van der Waals surface area contributed by atoms with Gasteiger partial charge in [0.2, 0.25) is 0 Å². The fourth-order valence-electron chi connectivity index (χ4n) is 3.56. The van der Waals surface area contributed by atoms with E-state index in [-0.39, 0.29) is 0 Å². The molecular weight excluding hydrogens is 242 g/mol. The molecule has 0 spiro atoms. The van der Waals surface area contributed by atoms with Crippen molar-refractivity contribution in [2.75, 3.05) is 0 Å². The first-order chi connectivity index (χ1) is 9.83. The highest BCUT2D eigenvalue weighted by Gasteiger charge is 2.17. The first-order valence-corrected chi connectivity index (χ1v) is 8.15. The SMILES string of the molecule is CC1CCC(CCCc2nccc3ccccc23)CC1. The van der Waals surface area contributed by atoms with Gasteiger partial charge in [-0.15, -0.1) is 0 Å². The van der Waals surface area contributed by atoms with Crippen molar-refractivity contribution in [1.82, 2.24) is 4.98 Å². The van der Waals surface area contributed by atoms with Crippen LogP contribution in [0.4, 0.5) is 0 Å². The fraction of sp³-hybridized carbons (Fsp3) is 0.526. The van der Waals surface area contributed by atoms with Crippen molar-refractivity contribution >= 4 is 10.8 Å². The van der Waals surface area contributed by atoms with E-state index >= 15 is 0 Å². The molecule has 3 rings (SSSR count). The van der Waals surface area contributed by atoms with Crippen molar-refractivity contribution in [3.8, 4) is 0 Å². The minimum Gasteiger partial charge on any atom is -0.261 e. The number of aromatic nitrogens is 1. The zero-order valence-corrected chi connectivity index (χ0v) is 12.5. The van der Waals surface area contributed by atoms with E-state index in [0.717, 1.165) is 18.3 Å². The fourth-order valence-corrected chi connectivity index (χ4v) is 3.56. The molecule has 1 saturated carbocycles. The van der Waals surface area contributed by atoms with Crippen molar-refractivity contribution in [3.05, 3.63) is 42.2 Å². The van der Waals surface area contributed by atoms with Crippen molar-refractivity contribution in [3.63, 3.8) is 0 Å². The van der Waals surface area contributed by atoms with Crippen LogP contribution in [0, 0.1) is 11.8 Å². The summed E-state index contributed by atoms with van der Waals surface area (Å²) in [7, 11) is 0. The monoisotopic (exact) mass is 267 g/mol. The molecule has 0 amide bonds. The highest BCUT2D eigenvalue weighted by atomic mass is 14.7. The number of aryl methyl sites for hydroxylation is 1. The molecule has 0 unspecified atom stereocenters. The number of fused-ring (bicyclic) bond motifs is 1. The molecule has 1 heteroatoms. The molecule has 106 valence electrons. The van der Waals surface area contributed by atoms with Crippen LogP contribution in [0.15, 0.2) is 36.5 Å². The summed E-state index contributed by atoms with van der Waals surface area (Å²) < 4.78 is 0. The van der Waals surface area contributed by atoms with E-state index in [1.165, 1.54) is 55.0 Å². The average molecular weight is 267 g/mol. The standard InChI is InChI=1S/C19H25N/c1-15-9-11-16(12-10-15)5-4-8-19-18-7-3-2-6-17(18)13-14-20-19/h2-3,6-7,13-16H,4-5,8-12H2,1H3. The Labute approximate surface area is 122 Å². The minimum absolute atomic E-state index is 0.964. The van der Waals surface area contributed by atoms with Crippen LogP contribution in [0.5, 0.6) is 0 Å². The number of hydrogen-bond donors (Lipinski definition) is 0. The second-order valence-electron chi connectivity index (χ2n) is 6.50. The van der Waals surface area contributed by atoms with Gasteiger partial charge in [-0.2, -0.15) is 0 Å². The second kappa shape index (κ2) is 6.39. The van der Waals surface area contributed by atoms with Crippen LogP contribution >= 0.6 is 0 Å². The zero-order chi connectivity index (χ0) is 13.8. The Hall–Kier alpha value is -1.37. The summed E-state index contributed by atoms with van der Waals surface area (Å²) >= 11 is 0. The third-order valence-electron chi connectivity index (χ3n) is 4.92. The lowest BCUT2D eigenvalue weighted by atomic mass is 9.80. The lowest BCUT2D eigenvalue weighted by Crippen LogP contribution is -2.12. The maximum Gasteiger partial charge on any atom is 0.0481 e. The van der Waals surface area contributed by atoms with Crippen LogP contribution < -0.4 is 0 Å². The van der Waals surface area contributed by atoms with Gasteiger partial charge in [-0.05, 0) is 36.1 Å². The topological polar surface area (TPSA) is 12.9 Å². The molecule has 1 fully saturated rings. The van der Waals surface area contributed by atoms with Gasteiger partial charge in [0.05, 0.1) is 0 Å². The van der Waals surface area contributed by atoms with E-state index in [1.54, 1.807) is 0 Å². The molecule has 0 saturated heterocycles. The minimum atomic E-state index is 0.964. The van der Waals surface area contributed by atoms with Crippen LogP contribution in [0.2, 0.25) is 0 Å². The number of nitrogens with zero attached hydrogens (tertiary/aromatic N) is 1. The van der Waals surface area contributed by atoms with Crippen LogP contribution in [0.1, 0.15) is 51.1 Å². The summed E-state index contributed by atoms with van der Waals surface area (Å²) in [4.78, 5) is 4.60. The first-order valence-electron chi connectivity index (χ1n) is 8.15. The highest BCUT2D eigenvalue weighted by molar-refractivity contribution is 5.84. The molecule has 1 nitrogen and oxygen atoms in total. The number of benzene rings is 1. The van der Waals surface area contributed by atoms with Gasteiger partial charge in [-0.25, -0.2) is 0 Å². The molecule has 1 aromatic carbocycles. The Morgan fingerprint density at radius 1 is 1.05 bits per heavy atom. The molecule has 0 bridgehead atoms. The quantitative estimate of drug-likeness (QED) is 0.724. The molecule has 1 aromatic heterocycles. The van der Waals surface area contributed by atoms with Gasteiger partial charge in [0.15, 0.2) is 0 Å². The Morgan fingerprint density at radius 2 is 1.85 bits per heavy atom. The van der Waals surface area contributed by atoms with Crippen LogP contribution in [0.3, 0.4) is 0 Å². The first kappa shape index (κ1) is 13.6. The van der Waals surface area contributed by atoms with Gasteiger partial charge in [0.1, 0.15) is 0 Å². The molecule has 1 aliphatic rings. The van der Waals surface area contributed by atoms with Crippen LogP contribution in [-0.2, 0) is 6.42 Å². The zero-order valence-electron chi connectivity index (χ0n) is 12.5. The lowest BCUT2D eigenvalue weighted by Gasteiger charge is -2.26. The summed E-state index contributed by atoms with van der Waals surface area (Å²) in [6.45, 7) is 2.40. The van der Waals surface area contributed by atoms with E-state index in [2.05, 4.69) is 42.2 Å². The summed E-state index contributed by atoms with van der Waals surface area (Å²) in [5.74, 6) is 1.94. The Balaban J connectivity index is 1.57. The molecule has 1 heterocycles. The van der Waals surface area contributed by atoms with Gasteiger partial charge >= 0.3 is 0 Å². The van der Waals surface area contributed by atoms with Gasteiger partial charge in [-0.1, -0.05) is 63.3 Å². The molecule has 0 N–H and O–H groups in total. The summed E-state index contributed by atoms with van der Waals surface area (Å²) in [6, 6.07) is 10.7. The van der Waals surface area contributed by atoms with Crippen molar-refractivity contribution in [2.24, 2.45) is 11.8 Å². The van der Waals surface area contributed by atoms with Crippen molar-refractivity contribution in [1.29, 1.82) is 0 Å².